The Labute approximate surface area is 128 Å². The first kappa shape index (κ1) is 15.4. The molecule has 2 rings (SSSR count). The van der Waals surface area contributed by atoms with Gasteiger partial charge in [-0.2, -0.15) is 11.8 Å². The molecule has 1 aliphatic rings. The summed E-state index contributed by atoms with van der Waals surface area (Å²) in [5, 5.41) is 13.6. The van der Waals surface area contributed by atoms with Crippen LogP contribution in [0.3, 0.4) is 0 Å². The van der Waals surface area contributed by atoms with Gasteiger partial charge in [-0.3, -0.25) is 4.79 Å². The number of carbonyl (C=O) groups excluding carboxylic acids is 1. The van der Waals surface area contributed by atoms with E-state index in [1.54, 1.807) is 0 Å². The predicted molar refractivity (Wildman–Crippen MR) is 85.3 cm³/mol. The van der Waals surface area contributed by atoms with Crippen LogP contribution in [0.2, 0.25) is 0 Å². The topological polar surface area (TPSA) is 49.3 Å². The van der Waals surface area contributed by atoms with Gasteiger partial charge in [0.25, 0.3) is 5.91 Å². The van der Waals surface area contributed by atoms with Gasteiger partial charge in [0.1, 0.15) is 4.88 Å². The molecule has 1 aromatic rings. The van der Waals surface area contributed by atoms with Gasteiger partial charge >= 0.3 is 0 Å². The van der Waals surface area contributed by atoms with Crippen molar-refractivity contribution in [2.75, 3.05) is 19.4 Å². The summed E-state index contributed by atoms with van der Waals surface area (Å²) in [5.74, 6) is 5.78. The molecule has 20 heavy (non-hydrogen) atoms. The van der Waals surface area contributed by atoms with Gasteiger partial charge in [0.15, 0.2) is 0 Å². The second kappa shape index (κ2) is 7.16. The van der Waals surface area contributed by atoms with E-state index in [1.807, 2.05) is 23.2 Å². The molecule has 3 nitrogen and oxygen atoms in total. The van der Waals surface area contributed by atoms with E-state index >= 15 is 0 Å². The van der Waals surface area contributed by atoms with E-state index in [9.17, 15) is 4.79 Å². The van der Waals surface area contributed by atoms with Crippen LogP contribution in [0, 0.1) is 11.8 Å². The van der Waals surface area contributed by atoms with E-state index in [0.29, 0.717) is 11.3 Å². The lowest BCUT2D eigenvalue weighted by Gasteiger charge is -2.40. The molecule has 0 spiro atoms. The second-order valence-electron chi connectivity index (χ2n) is 4.86. The van der Waals surface area contributed by atoms with Crippen LogP contribution in [0.4, 0.5) is 0 Å². The highest BCUT2D eigenvalue weighted by Crippen LogP contribution is 2.42. The van der Waals surface area contributed by atoms with Crippen molar-refractivity contribution >= 4 is 29.0 Å². The van der Waals surface area contributed by atoms with Gasteiger partial charge in [0, 0.05) is 23.3 Å². The third kappa shape index (κ3) is 3.57. The number of aliphatic hydroxyl groups excluding tert-OH is 1. The van der Waals surface area contributed by atoms with E-state index in [1.165, 1.54) is 30.6 Å². The molecular weight excluding hydrogens is 290 g/mol. The molecule has 0 radical (unpaired) electrons. The maximum atomic E-state index is 12.2. The number of thioether (sulfide) groups is 1. The fourth-order valence-electron chi connectivity index (χ4n) is 2.14. The highest BCUT2D eigenvalue weighted by atomic mass is 32.2. The quantitative estimate of drug-likeness (QED) is 0.822. The molecule has 1 amide bonds. The third-order valence-corrected chi connectivity index (χ3v) is 5.93. The lowest BCUT2D eigenvalue weighted by Crippen LogP contribution is -2.45. The van der Waals surface area contributed by atoms with Gasteiger partial charge in [-0.15, -0.1) is 11.3 Å². The SMILES string of the molecule is CSC1(CNC(=O)c2sccc2C#CCCO)CCC1. The Morgan fingerprint density at radius 1 is 1.60 bits per heavy atom. The minimum absolute atomic E-state index is 0.0337. The van der Waals surface area contributed by atoms with Crippen molar-refractivity contribution in [3.63, 3.8) is 0 Å². The number of nitrogens with one attached hydrogen (secondary N) is 1. The molecule has 0 bridgehead atoms. The first-order valence-electron chi connectivity index (χ1n) is 6.71. The third-order valence-electron chi connectivity index (χ3n) is 3.60. The summed E-state index contributed by atoms with van der Waals surface area (Å²) in [6.07, 6.45) is 6.17. The van der Waals surface area contributed by atoms with Gasteiger partial charge in [0.05, 0.1) is 6.61 Å². The number of thiophene rings is 1. The zero-order valence-corrected chi connectivity index (χ0v) is 13.2. The monoisotopic (exact) mass is 309 g/mol. The summed E-state index contributed by atoms with van der Waals surface area (Å²) in [6, 6.07) is 1.86. The molecule has 1 aromatic heterocycles. The first-order chi connectivity index (χ1) is 9.71. The Morgan fingerprint density at radius 3 is 3.00 bits per heavy atom. The molecule has 0 saturated heterocycles. The van der Waals surface area contributed by atoms with E-state index in [0.717, 1.165) is 12.1 Å². The number of amides is 1. The van der Waals surface area contributed by atoms with Crippen LogP contribution in [0.15, 0.2) is 11.4 Å². The Hall–Kier alpha value is -0.960. The van der Waals surface area contributed by atoms with Gasteiger partial charge in [-0.25, -0.2) is 0 Å². The van der Waals surface area contributed by atoms with Crippen LogP contribution in [-0.2, 0) is 0 Å². The van der Waals surface area contributed by atoms with Gasteiger partial charge in [-0.1, -0.05) is 18.3 Å². The Balaban J connectivity index is 1.96. The average molecular weight is 309 g/mol. The Morgan fingerprint density at radius 2 is 2.40 bits per heavy atom. The highest BCUT2D eigenvalue weighted by Gasteiger charge is 2.36. The zero-order chi connectivity index (χ0) is 14.4. The van der Waals surface area contributed by atoms with E-state index < -0.39 is 0 Å². The van der Waals surface area contributed by atoms with Crippen molar-refractivity contribution in [1.82, 2.24) is 5.32 Å². The standard InChI is InChI=1S/C15H19NO2S2/c1-19-15(7-4-8-15)11-16-14(18)13-12(6-10-20-13)5-2-3-9-17/h6,10,17H,3-4,7-9,11H2,1H3,(H,16,18). The molecule has 0 atom stereocenters. The summed E-state index contributed by atoms with van der Waals surface area (Å²) >= 11 is 3.27. The molecule has 5 heteroatoms. The molecule has 1 aliphatic carbocycles. The fraction of sp³-hybridized carbons (Fsp3) is 0.533. The molecule has 1 fully saturated rings. The van der Waals surface area contributed by atoms with Crippen molar-refractivity contribution in [2.45, 2.75) is 30.4 Å². The van der Waals surface area contributed by atoms with Crippen LogP contribution >= 0.6 is 23.1 Å². The zero-order valence-electron chi connectivity index (χ0n) is 11.6. The lowest BCUT2D eigenvalue weighted by molar-refractivity contribution is 0.0948. The minimum Gasteiger partial charge on any atom is -0.395 e. The lowest BCUT2D eigenvalue weighted by atomic mass is 9.84. The smallest absolute Gasteiger partial charge is 0.262 e. The molecule has 0 aromatic carbocycles. The van der Waals surface area contributed by atoms with E-state index in [-0.39, 0.29) is 17.3 Å². The number of carbonyl (C=O) groups is 1. The first-order valence-corrected chi connectivity index (χ1v) is 8.82. The van der Waals surface area contributed by atoms with Crippen molar-refractivity contribution in [3.8, 4) is 11.8 Å². The van der Waals surface area contributed by atoms with Crippen LogP contribution in [0.25, 0.3) is 0 Å². The van der Waals surface area contributed by atoms with Crippen LogP contribution in [-0.4, -0.2) is 35.2 Å². The molecular formula is C15H19NO2S2. The number of hydrogen-bond donors (Lipinski definition) is 2. The fourth-order valence-corrected chi connectivity index (χ4v) is 3.82. The van der Waals surface area contributed by atoms with Crippen molar-refractivity contribution in [1.29, 1.82) is 0 Å². The van der Waals surface area contributed by atoms with Crippen molar-refractivity contribution < 1.29 is 9.90 Å². The van der Waals surface area contributed by atoms with Crippen LogP contribution in [0.5, 0.6) is 0 Å². The number of aliphatic hydroxyl groups is 1. The largest absolute Gasteiger partial charge is 0.395 e. The minimum atomic E-state index is -0.0337. The molecule has 1 heterocycles. The summed E-state index contributed by atoms with van der Waals surface area (Å²) in [4.78, 5) is 12.9. The predicted octanol–water partition coefficient (Wildman–Crippen LogP) is 2.50. The van der Waals surface area contributed by atoms with Crippen LogP contribution < -0.4 is 5.32 Å². The summed E-state index contributed by atoms with van der Waals surface area (Å²) in [7, 11) is 0. The molecule has 1 saturated carbocycles. The molecule has 2 N–H and O–H groups in total. The van der Waals surface area contributed by atoms with E-state index in [2.05, 4.69) is 23.4 Å². The van der Waals surface area contributed by atoms with Gasteiger partial charge in [0.2, 0.25) is 0 Å². The Bertz CT molecular complexity index is 518. The van der Waals surface area contributed by atoms with Gasteiger partial charge in [-0.05, 0) is 30.5 Å². The van der Waals surface area contributed by atoms with Crippen molar-refractivity contribution in [2.24, 2.45) is 0 Å². The Kier molecular flexibility index (Phi) is 5.53. The second-order valence-corrected chi connectivity index (χ2v) is 7.05. The number of hydrogen-bond acceptors (Lipinski definition) is 4. The summed E-state index contributed by atoms with van der Waals surface area (Å²) < 4.78 is 0.246. The average Bonchev–Trinajstić information content (AvgIpc) is 2.86. The van der Waals surface area contributed by atoms with E-state index in [4.69, 9.17) is 5.11 Å². The molecule has 108 valence electrons. The highest BCUT2D eigenvalue weighted by molar-refractivity contribution is 8.00. The normalized spacial score (nSPS) is 15.9. The van der Waals surface area contributed by atoms with Crippen molar-refractivity contribution in [3.05, 3.63) is 21.9 Å². The molecule has 0 aliphatic heterocycles. The van der Waals surface area contributed by atoms with Crippen LogP contribution in [0.1, 0.15) is 40.9 Å². The maximum absolute atomic E-state index is 12.2. The summed E-state index contributed by atoms with van der Waals surface area (Å²) in [6.45, 7) is 0.781. The summed E-state index contributed by atoms with van der Waals surface area (Å²) in [5.41, 5.74) is 0.757. The maximum Gasteiger partial charge on any atom is 0.262 e. The number of rotatable bonds is 5. The molecule has 0 unspecified atom stereocenters. The van der Waals surface area contributed by atoms with Gasteiger partial charge < -0.3 is 10.4 Å².